The van der Waals surface area contributed by atoms with Gasteiger partial charge in [-0.05, 0) is 94.0 Å². The second kappa shape index (κ2) is 15.9. The molecule has 1 aliphatic carbocycles. The fraction of sp³-hybridized carbons (Fsp3) is 0.421. The Morgan fingerprint density at radius 1 is 1.10 bits per heavy atom. The Kier molecular flexibility index (Phi) is 11.7. The van der Waals surface area contributed by atoms with Gasteiger partial charge in [0.15, 0.2) is 5.82 Å². The quantitative estimate of drug-likeness (QED) is 0.164. The van der Waals surface area contributed by atoms with Crippen molar-refractivity contribution in [1.82, 2.24) is 19.4 Å². The van der Waals surface area contributed by atoms with Crippen molar-refractivity contribution in [3.05, 3.63) is 91.5 Å². The Balaban J connectivity index is 1.38. The van der Waals surface area contributed by atoms with Crippen LogP contribution in [0.15, 0.2) is 59.5 Å². The Morgan fingerprint density at radius 3 is 2.51 bits per heavy atom. The van der Waals surface area contributed by atoms with E-state index in [0.29, 0.717) is 36.8 Å². The Morgan fingerprint density at radius 2 is 1.84 bits per heavy atom. The van der Waals surface area contributed by atoms with Crippen LogP contribution in [0.5, 0.6) is 0 Å². The molecular formula is C38H48N6O4S. The van der Waals surface area contributed by atoms with E-state index < -0.39 is 6.04 Å². The number of hydrogen-bond donors (Lipinski definition) is 2. The summed E-state index contributed by atoms with van der Waals surface area (Å²) in [6.07, 6.45) is 6.14. The van der Waals surface area contributed by atoms with Gasteiger partial charge in [0.1, 0.15) is 6.04 Å². The number of carbonyl (C=O) groups is 2. The highest BCUT2D eigenvalue weighted by Crippen LogP contribution is 2.32. The van der Waals surface area contributed by atoms with Gasteiger partial charge in [-0.15, -0.1) is 11.3 Å². The largest absolute Gasteiger partial charge is 0.383 e. The highest BCUT2D eigenvalue weighted by molar-refractivity contribution is 7.14. The molecule has 0 aliphatic heterocycles. The maximum atomic E-state index is 13.6. The average molecular weight is 685 g/mol. The number of hydrogen-bond acceptors (Lipinski definition) is 8. The molecule has 11 heteroatoms. The van der Waals surface area contributed by atoms with E-state index in [1.165, 1.54) is 27.8 Å². The van der Waals surface area contributed by atoms with Crippen LogP contribution in [-0.4, -0.2) is 71.1 Å². The second-order valence-corrected chi connectivity index (χ2v) is 14.1. The van der Waals surface area contributed by atoms with E-state index in [1.54, 1.807) is 43.6 Å². The van der Waals surface area contributed by atoms with Crippen LogP contribution in [0.25, 0.3) is 11.3 Å². The Bertz CT molecular complexity index is 1820. The number of carbonyl (C=O) groups excluding carboxylic acids is 2. The third kappa shape index (κ3) is 8.12. The first-order chi connectivity index (χ1) is 23.5. The molecule has 1 atom stereocenters. The van der Waals surface area contributed by atoms with Crippen LogP contribution < -0.4 is 16.2 Å². The summed E-state index contributed by atoms with van der Waals surface area (Å²) in [4.78, 5) is 50.8. The third-order valence-electron chi connectivity index (χ3n) is 9.24. The van der Waals surface area contributed by atoms with Crippen LogP contribution >= 0.6 is 11.3 Å². The molecule has 5 rings (SSSR count). The maximum Gasteiger partial charge on any atom is 0.293 e. The number of nitrogens with zero attached hydrogens (tertiary/aromatic N) is 4. The minimum Gasteiger partial charge on any atom is -0.383 e. The predicted octanol–water partition coefficient (Wildman–Crippen LogP) is 6.57. The summed E-state index contributed by atoms with van der Waals surface area (Å²) in [6, 6.07) is 15.0. The minimum absolute atomic E-state index is 0.000144. The van der Waals surface area contributed by atoms with Crippen molar-refractivity contribution in [3.8, 4) is 11.3 Å². The number of aromatic nitrogens is 2. The predicted molar refractivity (Wildman–Crippen MR) is 198 cm³/mol. The fourth-order valence-electron chi connectivity index (χ4n) is 6.41. The molecule has 0 saturated carbocycles. The molecule has 2 amide bonds. The molecule has 2 aromatic heterocycles. The number of anilines is 3. The lowest BCUT2D eigenvalue weighted by Gasteiger charge is -2.35. The maximum absolute atomic E-state index is 13.6. The van der Waals surface area contributed by atoms with Gasteiger partial charge in [0, 0.05) is 61.8 Å². The van der Waals surface area contributed by atoms with Gasteiger partial charge >= 0.3 is 0 Å². The minimum atomic E-state index is -0.462. The van der Waals surface area contributed by atoms with E-state index in [0.717, 1.165) is 34.4 Å². The van der Waals surface area contributed by atoms with Gasteiger partial charge < -0.3 is 24.8 Å². The molecule has 10 nitrogen and oxygen atoms in total. The second-order valence-electron chi connectivity index (χ2n) is 12.9. The molecule has 0 spiro atoms. The van der Waals surface area contributed by atoms with Crippen LogP contribution in [0.3, 0.4) is 0 Å². The van der Waals surface area contributed by atoms with Crippen LogP contribution in [0, 0.1) is 6.92 Å². The first-order valence-corrected chi connectivity index (χ1v) is 17.8. The van der Waals surface area contributed by atoms with Crippen molar-refractivity contribution in [2.75, 3.05) is 44.5 Å². The van der Waals surface area contributed by atoms with Crippen molar-refractivity contribution >= 4 is 40.3 Å². The normalized spacial score (nSPS) is 13.3. The SMILES string of the molecule is CCN(C(C)C)C(C(=O)N(C)CCOC)c1ccc(Nc2nc(-c3cccc(NC(=O)c4cc5c(s4)CCCC5)c3C)cn(C)c2=O)cc1. The summed E-state index contributed by atoms with van der Waals surface area (Å²) >= 11 is 1.59. The van der Waals surface area contributed by atoms with Gasteiger partial charge in [-0.2, -0.15) is 0 Å². The van der Waals surface area contributed by atoms with E-state index in [1.807, 2.05) is 55.5 Å². The lowest BCUT2D eigenvalue weighted by atomic mass is 9.99. The summed E-state index contributed by atoms with van der Waals surface area (Å²) in [5.74, 6) is 0.0646. The highest BCUT2D eigenvalue weighted by Gasteiger charge is 2.31. The van der Waals surface area contributed by atoms with Crippen LogP contribution in [0.2, 0.25) is 0 Å². The van der Waals surface area contributed by atoms with Crippen molar-refractivity contribution in [1.29, 1.82) is 0 Å². The molecule has 4 aromatic rings. The first kappa shape index (κ1) is 36.0. The number of fused-ring (bicyclic) bond motifs is 1. The van der Waals surface area contributed by atoms with E-state index in [9.17, 15) is 14.4 Å². The first-order valence-electron chi connectivity index (χ1n) is 17.0. The zero-order chi connectivity index (χ0) is 35.2. The standard InChI is InChI=1S/C38H48N6O4S/c1-8-44(24(2)3)34(37(46)42(5)20-21-48-7)26-16-18-28(19-17-26)39-35-38(47)43(6)23-31(40-35)29-13-11-14-30(25(29)4)41-36(45)33-22-27-12-9-10-15-32(27)49-33/h11,13-14,16-19,22-24,34H,8-10,12,15,20-21H2,1-7H3,(H,39,40)(H,41,45). The van der Waals surface area contributed by atoms with Gasteiger partial charge in [0.2, 0.25) is 5.91 Å². The lowest BCUT2D eigenvalue weighted by molar-refractivity contribution is -0.137. The smallest absolute Gasteiger partial charge is 0.293 e. The van der Waals surface area contributed by atoms with E-state index in [2.05, 4.69) is 36.3 Å². The molecule has 1 aliphatic rings. The summed E-state index contributed by atoms with van der Waals surface area (Å²) in [7, 11) is 5.12. The zero-order valence-electron chi connectivity index (χ0n) is 29.6. The van der Waals surface area contributed by atoms with Gasteiger partial charge in [-0.1, -0.05) is 31.2 Å². The number of thiophene rings is 1. The monoisotopic (exact) mass is 684 g/mol. The number of amides is 2. The van der Waals surface area contributed by atoms with Gasteiger partial charge in [0.05, 0.1) is 17.2 Å². The number of nitrogens with one attached hydrogen (secondary N) is 2. The molecule has 2 heterocycles. The molecule has 2 aromatic carbocycles. The molecule has 2 N–H and O–H groups in total. The molecular weight excluding hydrogens is 637 g/mol. The summed E-state index contributed by atoms with van der Waals surface area (Å²) in [6.45, 7) is 9.85. The Labute approximate surface area is 293 Å². The molecule has 0 saturated heterocycles. The van der Waals surface area contributed by atoms with Crippen LogP contribution in [0.1, 0.15) is 70.9 Å². The Hall–Kier alpha value is -4.32. The van der Waals surface area contributed by atoms with Crippen molar-refractivity contribution < 1.29 is 14.3 Å². The summed E-state index contributed by atoms with van der Waals surface area (Å²) in [5.41, 5.74) is 5.53. The van der Waals surface area contributed by atoms with Crippen LogP contribution in [0.4, 0.5) is 17.2 Å². The molecule has 0 radical (unpaired) electrons. The highest BCUT2D eigenvalue weighted by atomic mass is 32.1. The number of likely N-dealkylation sites (N-methyl/N-ethyl adjacent to an activating group) is 2. The van der Waals surface area contributed by atoms with Gasteiger partial charge in [0.25, 0.3) is 11.5 Å². The average Bonchev–Trinajstić information content (AvgIpc) is 3.54. The number of ether oxygens (including phenoxy) is 1. The number of methoxy groups -OCH3 is 1. The van der Waals surface area contributed by atoms with E-state index in [-0.39, 0.29) is 29.2 Å². The van der Waals surface area contributed by atoms with E-state index in [4.69, 9.17) is 9.72 Å². The molecule has 0 fully saturated rings. The van der Waals surface area contributed by atoms with Gasteiger partial charge in [-0.3, -0.25) is 19.3 Å². The van der Waals surface area contributed by atoms with Crippen molar-refractivity contribution in [2.24, 2.45) is 7.05 Å². The molecule has 49 heavy (non-hydrogen) atoms. The fourth-order valence-corrected chi connectivity index (χ4v) is 7.56. The van der Waals surface area contributed by atoms with Crippen LogP contribution in [-0.2, 0) is 29.4 Å². The number of aryl methyl sites for hydroxylation is 3. The van der Waals surface area contributed by atoms with Crippen molar-refractivity contribution in [3.63, 3.8) is 0 Å². The molecule has 0 bridgehead atoms. The zero-order valence-corrected chi connectivity index (χ0v) is 30.4. The third-order valence-corrected chi connectivity index (χ3v) is 10.5. The van der Waals surface area contributed by atoms with Crippen molar-refractivity contribution in [2.45, 2.75) is 65.5 Å². The van der Waals surface area contributed by atoms with E-state index >= 15 is 0 Å². The molecule has 1 unspecified atom stereocenters. The number of rotatable bonds is 13. The topological polar surface area (TPSA) is 109 Å². The summed E-state index contributed by atoms with van der Waals surface area (Å²) < 4.78 is 6.71. The lowest BCUT2D eigenvalue weighted by Crippen LogP contribution is -2.45. The van der Waals surface area contributed by atoms with Gasteiger partial charge in [-0.25, -0.2) is 4.98 Å². The summed E-state index contributed by atoms with van der Waals surface area (Å²) in [5, 5.41) is 6.32. The number of benzene rings is 2. The molecule has 260 valence electrons.